The van der Waals surface area contributed by atoms with Crippen molar-refractivity contribution >= 4 is 27.6 Å². The molecule has 0 saturated heterocycles. The van der Waals surface area contributed by atoms with E-state index in [-0.39, 0.29) is 5.97 Å². The van der Waals surface area contributed by atoms with Gasteiger partial charge in [-0.15, -0.1) is 0 Å². The van der Waals surface area contributed by atoms with Gasteiger partial charge in [-0.3, -0.25) is 4.68 Å². The van der Waals surface area contributed by atoms with Crippen molar-refractivity contribution in [2.24, 2.45) is 7.05 Å². The standard InChI is InChI=1S/C13H14BrN3O2/c1-17-8-9(7-15-17)12(13(18)19-2)16-11-5-3-4-10(14)6-11/h3-8,12,16H,1-2H3. The van der Waals surface area contributed by atoms with E-state index in [2.05, 4.69) is 26.3 Å². The smallest absolute Gasteiger partial charge is 0.333 e. The normalized spacial score (nSPS) is 11.9. The number of methoxy groups -OCH3 is 1. The molecule has 0 spiro atoms. The fourth-order valence-electron chi connectivity index (χ4n) is 1.73. The molecular weight excluding hydrogens is 310 g/mol. The summed E-state index contributed by atoms with van der Waals surface area (Å²) >= 11 is 3.39. The van der Waals surface area contributed by atoms with Gasteiger partial charge in [-0.2, -0.15) is 5.10 Å². The Morgan fingerprint density at radius 3 is 2.89 bits per heavy atom. The maximum absolute atomic E-state index is 11.9. The van der Waals surface area contributed by atoms with Gasteiger partial charge in [0.2, 0.25) is 0 Å². The second-order valence-electron chi connectivity index (χ2n) is 4.06. The average molecular weight is 324 g/mol. The summed E-state index contributed by atoms with van der Waals surface area (Å²) in [7, 11) is 3.17. The molecule has 0 fully saturated rings. The lowest BCUT2D eigenvalue weighted by atomic mass is 10.1. The predicted molar refractivity (Wildman–Crippen MR) is 75.7 cm³/mol. The average Bonchev–Trinajstić information content (AvgIpc) is 2.81. The summed E-state index contributed by atoms with van der Waals surface area (Å²) in [5.41, 5.74) is 1.59. The van der Waals surface area contributed by atoms with Crippen LogP contribution in [0, 0.1) is 0 Å². The minimum absolute atomic E-state index is 0.354. The lowest BCUT2D eigenvalue weighted by molar-refractivity contribution is -0.141. The summed E-state index contributed by atoms with van der Waals surface area (Å²) in [6.07, 6.45) is 3.43. The Kier molecular flexibility index (Phi) is 4.21. The third-order valence-corrected chi connectivity index (χ3v) is 3.12. The van der Waals surface area contributed by atoms with Gasteiger partial charge in [-0.05, 0) is 18.2 Å². The van der Waals surface area contributed by atoms with Crippen LogP contribution in [0.5, 0.6) is 0 Å². The van der Waals surface area contributed by atoms with Gasteiger partial charge in [0.25, 0.3) is 0 Å². The molecule has 2 aromatic rings. The van der Waals surface area contributed by atoms with Gasteiger partial charge in [0.15, 0.2) is 6.04 Å². The first-order chi connectivity index (χ1) is 9.10. The fourth-order valence-corrected chi connectivity index (χ4v) is 2.13. The largest absolute Gasteiger partial charge is 0.467 e. The molecule has 1 aromatic heterocycles. The van der Waals surface area contributed by atoms with Gasteiger partial charge in [-0.25, -0.2) is 4.79 Å². The van der Waals surface area contributed by atoms with Crippen molar-refractivity contribution in [1.29, 1.82) is 0 Å². The van der Waals surface area contributed by atoms with E-state index in [1.165, 1.54) is 7.11 Å². The number of benzene rings is 1. The highest BCUT2D eigenvalue weighted by atomic mass is 79.9. The van der Waals surface area contributed by atoms with Gasteiger partial charge >= 0.3 is 5.97 Å². The summed E-state index contributed by atoms with van der Waals surface area (Å²) in [6, 6.07) is 7.02. The molecular formula is C13H14BrN3O2. The van der Waals surface area contributed by atoms with Crippen LogP contribution in [0.4, 0.5) is 5.69 Å². The van der Waals surface area contributed by atoms with Crippen LogP contribution in [0.1, 0.15) is 11.6 Å². The van der Waals surface area contributed by atoms with Crippen LogP contribution >= 0.6 is 15.9 Å². The molecule has 5 nitrogen and oxygen atoms in total. The quantitative estimate of drug-likeness (QED) is 0.878. The third-order valence-electron chi connectivity index (χ3n) is 2.63. The van der Waals surface area contributed by atoms with Crippen molar-refractivity contribution in [1.82, 2.24) is 9.78 Å². The molecule has 0 radical (unpaired) electrons. The number of carbonyl (C=O) groups excluding carboxylic acids is 1. The number of carbonyl (C=O) groups is 1. The molecule has 0 saturated carbocycles. The number of anilines is 1. The Labute approximate surface area is 119 Å². The van der Waals surface area contributed by atoms with Crippen LogP contribution in [-0.2, 0) is 16.6 Å². The van der Waals surface area contributed by atoms with Gasteiger partial charge < -0.3 is 10.1 Å². The van der Waals surface area contributed by atoms with Crippen LogP contribution in [0.15, 0.2) is 41.1 Å². The van der Waals surface area contributed by atoms with E-state index in [0.29, 0.717) is 0 Å². The zero-order valence-electron chi connectivity index (χ0n) is 10.6. The summed E-state index contributed by atoms with van der Waals surface area (Å²) in [5.74, 6) is -0.354. The van der Waals surface area contributed by atoms with Crippen molar-refractivity contribution in [3.05, 3.63) is 46.7 Å². The number of halogens is 1. The van der Waals surface area contributed by atoms with Crippen LogP contribution in [0.25, 0.3) is 0 Å². The number of aryl methyl sites for hydroxylation is 1. The van der Waals surface area contributed by atoms with Gasteiger partial charge in [0.05, 0.1) is 13.3 Å². The van der Waals surface area contributed by atoms with E-state index in [4.69, 9.17) is 4.74 Å². The van der Waals surface area contributed by atoms with Crippen LogP contribution in [0.2, 0.25) is 0 Å². The van der Waals surface area contributed by atoms with Gasteiger partial charge in [-0.1, -0.05) is 22.0 Å². The molecule has 2 rings (SSSR count). The van der Waals surface area contributed by atoms with Crippen LogP contribution in [-0.4, -0.2) is 22.9 Å². The first-order valence-corrected chi connectivity index (χ1v) is 6.48. The van der Waals surface area contributed by atoms with Crippen molar-refractivity contribution < 1.29 is 9.53 Å². The summed E-state index contributed by atoms with van der Waals surface area (Å²) < 4.78 is 7.41. The molecule has 1 N–H and O–H groups in total. The van der Waals surface area contributed by atoms with E-state index in [9.17, 15) is 4.79 Å². The molecule has 1 unspecified atom stereocenters. The van der Waals surface area contributed by atoms with Crippen molar-refractivity contribution in [3.8, 4) is 0 Å². The summed E-state index contributed by atoms with van der Waals surface area (Å²) in [4.78, 5) is 11.9. The van der Waals surface area contributed by atoms with E-state index in [0.717, 1.165) is 15.7 Å². The maximum atomic E-state index is 11.9. The Bertz CT molecular complexity index is 583. The number of rotatable bonds is 4. The van der Waals surface area contributed by atoms with Gasteiger partial charge in [0, 0.05) is 29.0 Å². The Morgan fingerprint density at radius 1 is 1.53 bits per heavy atom. The number of hydrogen-bond acceptors (Lipinski definition) is 4. The number of hydrogen-bond donors (Lipinski definition) is 1. The van der Waals surface area contributed by atoms with E-state index in [1.54, 1.807) is 24.1 Å². The second-order valence-corrected chi connectivity index (χ2v) is 4.97. The number of esters is 1. The second kappa shape index (κ2) is 5.88. The fraction of sp³-hybridized carbons (Fsp3) is 0.231. The zero-order valence-corrected chi connectivity index (χ0v) is 12.2. The minimum Gasteiger partial charge on any atom is -0.467 e. The molecule has 19 heavy (non-hydrogen) atoms. The minimum atomic E-state index is -0.576. The lowest BCUT2D eigenvalue weighted by Gasteiger charge is -2.16. The number of ether oxygens (including phenoxy) is 1. The monoisotopic (exact) mass is 323 g/mol. The zero-order chi connectivity index (χ0) is 13.8. The van der Waals surface area contributed by atoms with E-state index in [1.807, 2.05) is 24.3 Å². The topological polar surface area (TPSA) is 56.1 Å². The molecule has 6 heteroatoms. The van der Waals surface area contributed by atoms with Crippen molar-refractivity contribution in [2.45, 2.75) is 6.04 Å². The lowest BCUT2D eigenvalue weighted by Crippen LogP contribution is -2.21. The molecule has 1 heterocycles. The third kappa shape index (κ3) is 3.35. The van der Waals surface area contributed by atoms with Crippen LogP contribution < -0.4 is 5.32 Å². The molecule has 0 aliphatic heterocycles. The Balaban J connectivity index is 2.26. The van der Waals surface area contributed by atoms with E-state index < -0.39 is 6.04 Å². The molecule has 0 aliphatic rings. The molecule has 1 aromatic carbocycles. The van der Waals surface area contributed by atoms with Gasteiger partial charge in [0.1, 0.15) is 0 Å². The molecule has 100 valence electrons. The van der Waals surface area contributed by atoms with Crippen molar-refractivity contribution in [2.75, 3.05) is 12.4 Å². The van der Waals surface area contributed by atoms with E-state index >= 15 is 0 Å². The highest BCUT2D eigenvalue weighted by Gasteiger charge is 2.22. The molecule has 1 atom stereocenters. The predicted octanol–water partition coefficient (Wildman–Crippen LogP) is 2.51. The summed E-state index contributed by atoms with van der Waals surface area (Å²) in [5, 5.41) is 7.22. The highest BCUT2D eigenvalue weighted by molar-refractivity contribution is 9.10. The molecule has 0 bridgehead atoms. The first kappa shape index (κ1) is 13.6. The highest BCUT2D eigenvalue weighted by Crippen LogP contribution is 2.22. The Morgan fingerprint density at radius 2 is 2.32 bits per heavy atom. The van der Waals surface area contributed by atoms with Crippen LogP contribution in [0.3, 0.4) is 0 Å². The SMILES string of the molecule is COC(=O)C(Nc1cccc(Br)c1)c1cnn(C)c1. The number of aromatic nitrogens is 2. The van der Waals surface area contributed by atoms with Crippen molar-refractivity contribution in [3.63, 3.8) is 0 Å². The molecule has 0 amide bonds. The summed E-state index contributed by atoms with van der Waals surface area (Å²) in [6.45, 7) is 0. The maximum Gasteiger partial charge on any atom is 0.333 e. The molecule has 0 aliphatic carbocycles. The number of nitrogens with zero attached hydrogens (tertiary/aromatic N) is 2. The number of nitrogens with one attached hydrogen (secondary N) is 1. The Hall–Kier alpha value is -1.82. The first-order valence-electron chi connectivity index (χ1n) is 5.68.